The highest BCUT2D eigenvalue weighted by Gasteiger charge is 2.77. The monoisotopic (exact) mass is 395 g/mol. The molecule has 154 valence electrons. The van der Waals surface area contributed by atoms with Crippen LogP contribution >= 0.6 is 0 Å². The van der Waals surface area contributed by atoms with E-state index in [9.17, 15) is 19.6 Å². The van der Waals surface area contributed by atoms with Crippen molar-refractivity contribution in [1.82, 2.24) is 0 Å². The van der Waals surface area contributed by atoms with Crippen LogP contribution in [0.3, 0.4) is 0 Å². The van der Waals surface area contributed by atoms with E-state index in [2.05, 4.69) is 19.9 Å². The SMILES string of the molecule is C[C@]12CC[C@H]3[C@@H](C4CC5(C#N)C(C(=O)CC[C@]35C)C4=O)[C@@H]1CC[C@@]21CCC(=O)O1. The van der Waals surface area contributed by atoms with Crippen LogP contribution in [0.4, 0.5) is 0 Å². The van der Waals surface area contributed by atoms with Crippen molar-refractivity contribution in [2.75, 3.05) is 0 Å². The second-order valence-electron chi connectivity index (χ2n) is 11.4. The molecule has 0 radical (unpaired) electrons. The molecular weight excluding hydrogens is 366 g/mol. The topological polar surface area (TPSA) is 84.2 Å². The predicted molar refractivity (Wildman–Crippen MR) is 102 cm³/mol. The molecule has 6 fully saturated rings. The number of Topliss-reactive ketones (excluding diaryl/α,β-unsaturated/α-hetero) is 2. The Morgan fingerprint density at radius 2 is 1.69 bits per heavy atom. The molecule has 5 aliphatic carbocycles. The number of nitriles is 1. The highest BCUT2D eigenvalue weighted by molar-refractivity contribution is 6.07. The molecule has 1 saturated heterocycles. The Kier molecular flexibility index (Phi) is 3.20. The Morgan fingerprint density at radius 3 is 2.38 bits per heavy atom. The van der Waals surface area contributed by atoms with Crippen LogP contribution in [-0.2, 0) is 19.1 Å². The van der Waals surface area contributed by atoms with Crippen LogP contribution in [0.2, 0.25) is 0 Å². The highest BCUT2D eigenvalue weighted by atomic mass is 16.6. The molecule has 5 heteroatoms. The van der Waals surface area contributed by atoms with E-state index < -0.39 is 11.3 Å². The minimum absolute atomic E-state index is 0.00514. The molecule has 5 nitrogen and oxygen atoms in total. The lowest BCUT2D eigenvalue weighted by molar-refractivity contribution is -0.183. The van der Waals surface area contributed by atoms with Gasteiger partial charge in [-0.15, -0.1) is 0 Å². The van der Waals surface area contributed by atoms with Gasteiger partial charge >= 0.3 is 5.97 Å². The second kappa shape index (κ2) is 5.13. The van der Waals surface area contributed by atoms with Crippen LogP contribution in [0.1, 0.15) is 71.6 Å². The van der Waals surface area contributed by atoms with Crippen molar-refractivity contribution in [2.45, 2.75) is 77.2 Å². The van der Waals surface area contributed by atoms with Gasteiger partial charge in [-0.25, -0.2) is 0 Å². The lowest BCUT2D eigenvalue weighted by atomic mass is 9.40. The molecule has 6 rings (SSSR count). The molecule has 3 unspecified atom stereocenters. The lowest BCUT2D eigenvalue weighted by Gasteiger charge is -2.62. The number of nitrogens with zero attached hydrogens (tertiary/aromatic N) is 1. The summed E-state index contributed by atoms with van der Waals surface area (Å²) in [5.41, 5.74) is -1.52. The standard InChI is InChI=1S/C24H29NO4/c1-21-8-5-16(26)19-20(28)13(11-23(19,21)12-25)18-14(21)3-7-22(2)15(18)4-9-24(22)10-6-17(27)29-24/h13-15,18-19H,3-11H2,1-2H3/t13?,14-,15-,18+,19?,21+,22-,23?,24+/m0/s1. The summed E-state index contributed by atoms with van der Waals surface area (Å²) in [7, 11) is 0. The van der Waals surface area contributed by atoms with Gasteiger partial charge in [-0.2, -0.15) is 5.26 Å². The fraction of sp³-hybridized carbons (Fsp3) is 0.833. The molecule has 1 aliphatic heterocycles. The third kappa shape index (κ3) is 1.71. The number of carbonyl (C=O) groups excluding carboxylic acids is 3. The number of fused-ring (bicyclic) bond motifs is 7. The van der Waals surface area contributed by atoms with Gasteiger partial charge in [-0.3, -0.25) is 14.4 Å². The zero-order valence-electron chi connectivity index (χ0n) is 17.3. The molecular formula is C24H29NO4. The summed E-state index contributed by atoms with van der Waals surface area (Å²) in [5, 5.41) is 10.3. The molecule has 5 saturated carbocycles. The fourth-order valence-corrected chi connectivity index (χ4v) is 9.64. The maximum absolute atomic E-state index is 13.6. The first-order valence-electron chi connectivity index (χ1n) is 11.4. The molecule has 0 aromatic rings. The van der Waals surface area contributed by atoms with Gasteiger partial charge in [0.25, 0.3) is 0 Å². The van der Waals surface area contributed by atoms with Crippen LogP contribution in [0.15, 0.2) is 0 Å². The molecule has 29 heavy (non-hydrogen) atoms. The smallest absolute Gasteiger partial charge is 0.306 e. The van der Waals surface area contributed by atoms with Crippen LogP contribution in [0, 0.1) is 57.2 Å². The summed E-state index contributed by atoms with van der Waals surface area (Å²) in [5.74, 6) is -0.00952. The number of ether oxygens (including phenoxy) is 1. The molecule has 1 spiro atoms. The van der Waals surface area contributed by atoms with Gasteiger partial charge in [0.1, 0.15) is 17.2 Å². The van der Waals surface area contributed by atoms with Crippen LogP contribution < -0.4 is 0 Å². The quantitative estimate of drug-likeness (QED) is 0.462. The minimum Gasteiger partial charge on any atom is -0.458 e. The van der Waals surface area contributed by atoms with E-state index in [4.69, 9.17) is 4.74 Å². The first-order chi connectivity index (χ1) is 13.7. The van der Waals surface area contributed by atoms with Gasteiger partial charge in [-0.1, -0.05) is 13.8 Å². The molecule has 6 aliphatic rings. The van der Waals surface area contributed by atoms with E-state index in [0.29, 0.717) is 31.1 Å². The van der Waals surface area contributed by atoms with Crippen molar-refractivity contribution in [1.29, 1.82) is 5.26 Å². The van der Waals surface area contributed by atoms with Crippen molar-refractivity contribution in [3.63, 3.8) is 0 Å². The zero-order chi connectivity index (χ0) is 20.4. The Bertz CT molecular complexity index is 905. The number of hydrogen-bond acceptors (Lipinski definition) is 5. The maximum atomic E-state index is 13.6. The summed E-state index contributed by atoms with van der Waals surface area (Å²) < 4.78 is 6.01. The van der Waals surface area contributed by atoms with Crippen molar-refractivity contribution >= 4 is 17.5 Å². The van der Waals surface area contributed by atoms with Gasteiger partial charge in [0, 0.05) is 24.2 Å². The molecule has 0 aromatic heterocycles. The molecule has 2 bridgehead atoms. The van der Waals surface area contributed by atoms with Gasteiger partial charge in [0.05, 0.1) is 17.4 Å². The van der Waals surface area contributed by atoms with Crippen molar-refractivity contribution in [2.24, 2.45) is 45.8 Å². The summed E-state index contributed by atoms with van der Waals surface area (Å²) in [4.78, 5) is 38.4. The summed E-state index contributed by atoms with van der Waals surface area (Å²) in [6.07, 6.45) is 6.89. The van der Waals surface area contributed by atoms with E-state index >= 15 is 0 Å². The van der Waals surface area contributed by atoms with E-state index in [1.165, 1.54) is 0 Å². The molecule has 9 atom stereocenters. The summed E-state index contributed by atoms with van der Waals surface area (Å²) >= 11 is 0. The van der Waals surface area contributed by atoms with Gasteiger partial charge < -0.3 is 4.74 Å². The third-order valence-electron chi connectivity index (χ3n) is 11.1. The number of esters is 1. The van der Waals surface area contributed by atoms with E-state index in [0.717, 1.165) is 38.5 Å². The fourth-order valence-electron chi connectivity index (χ4n) is 9.64. The first-order valence-corrected chi connectivity index (χ1v) is 11.4. The Labute approximate surface area is 171 Å². The van der Waals surface area contributed by atoms with E-state index in [1.807, 2.05) is 0 Å². The summed E-state index contributed by atoms with van der Waals surface area (Å²) in [6, 6.07) is 2.56. The number of rotatable bonds is 0. The van der Waals surface area contributed by atoms with Crippen LogP contribution in [-0.4, -0.2) is 23.1 Å². The Balaban J connectivity index is 1.48. The van der Waals surface area contributed by atoms with Crippen molar-refractivity contribution < 1.29 is 19.1 Å². The van der Waals surface area contributed by atoms with Gasteiger partial charge in [0.2, 0.25) is 0 Å². The first kappa shape index (κ1) is 18.1. The highest BCUT2D eigenvalue weighted by Crippen LogP contribution is 2.76. The molecule has 0 aromatic carbocycles. The number of ketones is 2. The van der Waals surface area contributed by atoms with Crippen molar-refractivity contribution in [3.8, 4) is 6.07 Å². The average molecular weight is 395 g/mol. The van der Waals surface area contributed by atoms with Gasteiger partial charge in [0.15, 0.2) is 0 Å². The number of carbonyl (C=O) groups is 3. The number of hydrogen-bond donors (Lipinski definition) is 0. The van der Waals surface area contributed by atoms with E-state index in [-0.39, 0.29) is 45.8 Å². The van der Waals surface area contributed by atoms with Crippen LogP contribution in [0.25, 0.3) is 0 Å². The second-order valence-corrected chi connectivity index (χ2v) is 11.4. The lowest BCUT2D eigenvalue weighted by Crippen LogP contribution is -2.60. The minimum atomic E-state index is -0.797. The summed E-state index contributed by atoms with van der Waals surface area (Å²) in [6.45, 7) is 4.51. The Morgan fingerprint density at radius 1 is 0.966 bits per heavy atom. The zero-order valence-corrected chi connectivity index (χ0v) is 17.3. The molecule has 1 heterocycles. The van der Waals surface area contributed by atoms with Gasteiger partial charge in [-0.05, 0) is 68.1 Å². The third-order valence-corrected chi connectivity index (χ3v) is 11.1. The molecule has 0 amide bonds. The largest absolute Gasteiger partial charge is 0.458 e. The maximum Gasteiger partial charge on any atom is 0.306 e. The molecule has 0 N–H and O–H groups in total. The average Bonchev–Trinajstić information content (AvgIpc) is 3.31. The van der Waals surface area contributed by atoms with Crippen molar-refractivity contribution in [3.05, 3.63) is 0 Å². The van der Waals surface area contributed by atoms with E-state index in [1.54, 1.807) is 0 Å². The Hall–Kier alpha value is -1.70. The van der Waals surface area contributed by atoms with Crippen LogP contribution in [0.5, 0.6) is 0 Å². The predicted octanol–water partition coefficient (Wildman–Crippen LogP) is 3.60. The normalized spacial score (nSPS) is 57.4.